The third-order valence-electron chi connectivity index (χ3n) is 3.93. The van der Waals surface area contributed by atoms with Gasteiger partial charge in [-0.05, 0) is 31.4 Å². The maximum Gasteiger partial charge on any atom is 0.306 e. The molecule has 3 rings (SSSR count). The number of hydrogen-bond donors (Lipinski definition) is 2. The summed E-state index contributed by atoms with van der Waals surface area (Å²) in [6, 6.07) is 7.33. The number of benzene rings is 1. The summed E-state index contributed by atoms with van der Waals surface area (Å²) in [7, 11) is 0. The van der Waals surface area contributed by atoms with Gasteiger partial charge >= 0.3 is 5.97 Å². The van der Waals surface area contributed by atoms with E-state index < -0.39 is 5.97 Å². The highest BCUT2D eigenvalue weighted by molar-refractivity contribution is 5.86. The lowest BCUT2D eigenvalue weighted by Crippen LogP contribution is -2.34. The van der Waals surface area contributed by atoms with Gasteiger partial charge in [-0.25, -0.2) is 0 Å². The molecule has 1 aliphatic rings. The predicted octanol–water partition coefficient (Wildman–Crippen LogP) is 1.74. The zero-order valence-electron chi connectivity index (χ0n) is 11.4. The van der Waals surface area contributed by atoms with Crippen LogP contribution in [0.2, 0.25) is 0 Å². The van der Waals surface area contributed by atoms with Crippen LogP contribution in [0.3, 0.4) is 0 Å². The average molecular weight is 288 g/mol. The van der Waals surface area contributed by atoms with Crippen molar-refractivity contribution < 1.29 is 19.2 Å². The summed E-state index contributed by atoms with van der Waals surface area (Å²) in [5.41, 5.74) is 1.27. The van der Waals surface area contributed by atoms with Gasteiger partial charge in [0.2, 0.25) is 5.91 Å². The summed E-state index contributed by atoms with van der Waals surface area (Å²) >= 11 is 0. The van der Waals surface area contributed by atoms with Gasteiger partial charge in [-0.1, -0.05) is 17.3 Å². The van der Waals surface area contributed by atoms with Gasteiger partial charge in [-0.2, -0.15) is 0 Å². The van der Waals surface area contributed by atoms with E-state index in [-0.39, 0.29) is 24.3 Å². The van der Waals surface area contributed by atoms with Gasteiger partial charge in [-0.3, -0.25) is 9.59 Å². The second kappa shape index (κ2) is 5.55. The van der Waals surface area contributed by atoms with Crippen molar-refractivity contribution in [2.75, 3.05) is 0 Å². The highest BCUT2D eigenvalue weighted by Gasteiger charge is 2.30. The fraction of sp³-hybridized carbons (Fsp3) is 0.400. The molecule has 1 aliphatic carbocycles. The van der Waals surface area contributed by atoms with Crippen LogP contribution in [0.25, 0.3) is 11.0 Å². The number of para-hydroxylation sites is 1. The molecule has 0 saturated heterocycles. The Bertz CT molecular complexity index is 679. The number of aliphatic carboxylic acids is 1. The largest absolute Gasteiger partial charge is 0.481 e. The SMILES string of the molecule is O=C(Cc1noc2ccccc12)N[C@H]1CC[C@@H](C(=O)O)C1. The minimum absolute atomic E-state index is 0.0586. The van der Waals surface area contributed by atoms with E-state index in [1.54, 1.807) is 6.07 Å². The highest BCUT2D eigenvalue weighted by atomic mass is 16.5. The molecule has 1 amide bonds. The van der Waals surface area contributed by atoms with Gasteiger partial charge in [0.05, 0.1) is 12.3 Å². The minimum Gasteiger partial charge on any atom is -0.481 e. The second-order valence-corrected chi connectivity index (χ2v) is 5.41. The topological polar surface area (TPSA) is 92.4 Å². The lowest BCUT2D eigenvalue weighted by molar-refractivity contribution is -0.141. The number of carboxylic acid groups (broad SMARTS) is 1. The summed E-state index contributed by atoms with van der Waals surface area (Å²) < 4.78 is 5.16. The Hall–Kier alpha value is -2.37. The van der Waals surface area contributed by atoms with E-state index in [0.29, 0.717) is 30.5 Å². The van der Waals surface area contributed by atoms with Gasteiger partial charge in [0.25, 0.3) is 0 Å². The van der Waals surface area contributed by atoms with Crippen LogP contribution < -0.4 is 5.32 Å². The lowest BCUT2D eigenvalue weighted by Gasteiger charge is -2.11. The van der Waals surface area contributed by atoms with Crippen molar-refractivity contribution in [3.05, 3.63) is 30.0 Å². The number of aromatic nitrogens is 1. The van der Waals surface area contributed by atoms with Crippen molar-refractivity contribution in [3.8, 4) is 0 Å². The normalized spacial score (nSPS) is 21.5. The zero-order valence-corrected chi connectivity index (χ0v) is 11.4. The molecule has 0 radical (unpaired) electrons. The number of hydrogen-bond acceptors (Lipinski definition) is 4. The summed E-state index contributed by atoms with van der Waals surface area (Å²) in [6.07, 6.45) is 1.97. The van der Waals surface area contributed by atoms with Gasteiger partial charge in [0.1, 0.15) is 5.69 Å². The molecule has 1 heterocycles. The van der Waals surface area contributed by atoms with Crippen LogP contribution in [0, 0.1) is 5.92 Å². The summed E-state index contributed by atoms with van der Waals surface area (Å²) in [6.45, 7) is 0. The quantitative estimate of drug-likeness (QED) is 0.894. The first-order valence-corrected chi connectivity index (χ1v) is 6.99. The molecule has 1 aromatic carbocycles. The Labute approximate surface area is 121 Å². The van der Waals surface area contributed by atoms with E-state index in [4.69, 9.17) is 9.63 Å². The molecule has 2 aromatic rings. The van der Waals surface area contributed by atoms with Crippen molar-refractivity contribution in [3.63, 3.8) is 0 Å². The summed E-state index contributed by atoms with van der Waals surface area (Å²) in [4.78, 5) is 22.9. The molecule has 6 heteroatoms. The van der Waals surface area contributed by atoms with Crippen molar-refractivity contribution in [2.24, 2.45) is 5.92 Å². The van der Waals surface area contributed by atoms with Crippen LogP contribution in [-0.2, 0) is 16.0 Å². The Morgan fingerprint density at radius 1 is 1.33 bits per heavy atom. The standard InChI is InChI=1S/C15H16N2O4/c18-14(16-10-6-5-9(7-10)15(19)20)8-12-11-3-1-2-4-13(11)21-17-12/h1-4,9-10H,5-8H2,(H,16,18)(H,19,20)/t9-,10+/m1/s1. The first kappa shape index (κ1) is 13.6. The van der Waals surface area contributed by atoms with Gasteiger partial charge in [0, 0.05) is 11.4 Å². The van der Waals surface area contributed by atoms with Crippen LogP contribution in [0.4, 0.5) is 0 Å². The number of amides is 1. The molecule has 1 saturated carbocycles. The van der Waals surface area contributed by atoms with E-state index in [1.807, 2.05) is 18.2 Å². The molecule has 21 heavy (non-hydrogen) atoms. The van der Waals surface area contributed by atoms with Crippen LogP contribution in [0.1, 0.15) is 25.0 Å². The maximum absolute atomic E-state index is 12.0. The molecule has 2 N–H and O–H groups in total. The lowest BCUT2D eigenvalue weighted by atomic mass is 10.1. The molecule has 0 bridgehead atoms. The van der Waals surface area contributed by atoms with Gasteiger partial charge in [-0.15, -0.1) is 0 Å². The van der Waals surface area contributed by atoms with E-state index in [1.165, 1.54) is 0 Å². The number of carboxylic acids is 1. The molecule has 2 atom stereocenters. The van der Waals surface area contributed by atoms with E-state index in [2.05, 4.69) is 10.5 Å². The zero-order chi connectivity index (χ0) is 14.8. The van der Waals surface area contributed by atoms with E-state index in [9.17, 15) is 9.59 Å². The van der Waals surface area contributed by atoms with E-state index >= 15 is 0 Å². The molecular formula is C15H16N2O4. The molecule has 0 unspecified atom stereocenters. The average Bonchev–Trinajstić information content (AvgIpc) is 3.07. The Morgan fingerprint density at radius 2 is 2.14 bits per heavy atom. The molecule has 6 nitrogen and oxygen atoms in total. The molecule has 0 spiro atoms. The van der Waals surface area contributed by atoms with Gasteiger partial charge < -0.3 is 14.9 Å². The first-order chi connectivity index (χ1) is 10.1. The van der Waals surface area contributed by atoms with Crippen molar-refractivity contribution in [1.82, 2.24) is 10.5 Å². The second-order valence-electron chi connectivity index (χ2n) is 5.41. The predicted molar refractivity (Wildman–Crippen MR) is 74.6 cm³/mol. The number of rotatable bonds is 4. The van der Waals surface area contributed by atoms with Crippen molar-refractivity contribution in [2.45, 2.75) is 31.7 Å². The van der Waals surface area contributed by atoms with Crippen LogP contribution in [0.5, 0.6) is 0 Å². The molecular weight excluding hydrogens is 272 g/mol. The number of fused-ring (bicyclic) bond motifs is 1. The van der Waals surface area contributed by atoms with Gasteiger partial charge in [0.15, 0.2) is 5.58 Å². The summed E-state index contributed by atoms with van der Waals surface area (Å²) in [5, 5.41) is 16.6. The van der Waals surface area contributed by atoms with Crippen LogP contribution >= 0.6 is 0 Å². The van der Waals surface area contributed by atoms with Crippen molar-refractivity contribution >= 4 is 22.8 Å². The first-order valence-electron chi connectivity index (χ1n) is 6.99. The molecule has 1 fully saturated rings. The van der Waals surface area contributed by atoms with Crippen LogP contribution in [-0.4, -0.2) is 28.2 Å². The minimum atomic E-state index is -0.783. The van der Waals surface area contributed by atoms with E-state index in [0.717, 1.165) is 5.39 Å². The molecule has 110 valence electrons. The Balaban J connectivity index is 1.61. The van der Waals surface area contributed by atoms with Crippen molar-refractivity contribution in [1.29, 1.82) is 0 Å². The summed E-state index contributed by atoms with van der Waals surface area (Å²) in [5.74, 6) is -1.28. The number of nitrogens with one attached hydrogen (secondary N) is 1. The third-order valence-corrected chi connectivity index (χ3v) is 3.93. The molecule has 1 aromatic heterocycles. The number of carbonyl (C=O) groups excluding carboxylic acids is 1. The number of carbonyl (C=O) groups is 2. The Morgan fingerprint density at radius 3 is 2.90 bits per heavy atom. The fourth-order valence-corrected chi connectivity index (χ4v) is 2.83. The fourth-order valence-electron chi connectivity index (χ4n) is 2.83. The Kier molecular flexibility index (Phi) is 3.60. The third kappa shape index (κ3) is 2.89. The monoisotopic (exact) mass is 288 g/mol. The molecule has 0 aliphatic heterocycles. The highest BCUT2D eigenvalue weighted by Crippen LogP contribution is 2.26. The van der Waals surface area contributed by atoms with Crippen LogP contribution in [0.15, 0.2) is 28.8 Å². The maximum atomic E-state index is 12.0. The smallest absolute Gasteiger partial charge is 0.306 e. The number of nitrogens with zero attached hydrogens (tertiary/aromatic N) is 1.